The van der Waals surface area contributed by atoms with Crippen molar-refractivity contribution in [1.82, 2.24) is 14.5 Å². The molecule has 0 bridgehead atoms. The molecule has 2 rings (SSSR count). The lowest BCUT2D eigenvalue weighted by Gasteiger charge is -2.08. The second-order valence-corrected chi connectivity index (χ2v) is 4.13. The Labute approximate surface area is 111 Å². The van der Waals surface area contributed by atoms with Gasteiger partial charge in [0.25, 0.3) is 0 Å². The van der Waals surface area contributed by atoms with E-state index in [1.807, 2.05) is 29.8 Å². The Balaban J connectivity index is 2.39. The molecule has 0 unspecified atom stereocenters. The van der Waals surface area contributed by atoms with Crippen molar-refractivity contribution in [2.24, 2.45) is 0 Å². The molecule has 0 aliphatic rings. The minimum atomic E-state index is -0.0184. The molecule has 2 aromatic heterocycles. The highest BCUT2D eigenvalue weighted by Gasteiger charge is 2.07. The predicted octanol–water partition coefficient (Wildman–Crippen LogP) is 2.19. The maximum atomic E-state index is 10.9. The molecule has 0 fully saturated rings. The zero-order chi connectivity index (χ0) is 13.8. The lowest BCUT2D eigenvalue weighted by atomic mass is 10.2. The molecule has 5 nitrogen and oxygen atoms in total. The summed E-state index contributed by atoms with van der Waals surface area (Å²) in [6.45, 7) is 3.41. The number of imidazole rings is 1. The van der Waals surface area contributed by atoms with Crippen LogP contribution >= 0.6 is 0 Å². The van der Waals surface area contributed by atoms with Gasteiger partial charge in [-0.1, -0.05) is 0 Å². The number of carbonyl (C=O) groups excluding carboxylic acids is 1. The predicted molar refractivity (Wildman–Crippen MR) is 72.4 cm³/mol. The summed E-state index contributed by atoms with van der Waals surface area (Å²) in [5.74, 6) is 0.471. The molecule has 0 radical (unpaired) electrons. The molecular formula is C14H15N3O2. The molecule has 19 heavy (non-hydrogen) atoms. The number of rotatable bonds is 4. The van der Waals surface area contributed by atoms with E-state index in [2.05, 4.69) is 9.97 Å². The number of allylic oxidation sites excluding steroid dienone is 1. The zero-order valence-corrected chi connectivity index (χ0v) is 11.1. The lowest BCUT2D eigenvalue weighted by Crippen LogP contribution is -1.99. The van der Waals surface area contributed by atoms with Gasteiger partial charge in [-0.15, -0.1) is 0 Å². The van der Waals surface area contributed by atoms with Crippen molar-refractivity contribution >= 4 is 11.9 Å². The molecule has 0 saturated carbocycles. The quantitative estimate of drug-likeness (QED) is 0.788. The van der Waals surface area contributed by atoms with Crippen molar-refractivity contribution in [1.29, 1.82) is 0 Å². The van der Waals surface area contributed by atoms with Gasteiger partial charge in [0.05, 0.1) is 24.8 Å². The molecular weight excluding hydrogens is 242 g/mol. The van der Waals surface area contributed by atoms with Crippen molar-refractivity contribution in [3.8, 4) is 11.6 Å². The van der Waals surface area contributed by atoms with Gasteiger partial charge in [-0.3, -0.25) is 4.79 Å². The van der Waals surface area contributed by atoms with Crippen molar-refractivity contribution < 1.29 is 9.53 Å². The van der Waals surface area contributed by atoms with Gasteiger partial charge in [0.1, 0.15) is 5.69 Å². The zero-order valence-electron chi connectivity index (χ0n) is 11.1. The van der Waals surface area contributed by atoms with Crippen molar-refractivity contribution in [2.75, 3.05) is 7.11 Å². The fourth-order valence-corrected chi connectivity index (χ4v) is 1.64. The summed E-state index contributed by atoms with van der Waals surface area (Å²) < 4.78 is 7.12. The van der Waals surface area contributed by atoms with Gasteiger partial charge in [-0.25, -0.2) is 9.97 Å². The molecule has 0 atom stereocenters. The van der Waals surface area contributed by atoms with Crippen LogP contribution in [0.15, 0.2) is 30.7 Å². The minimum Gasteiger partial charge on any atom is -0.479 e. The normalized spacial score (nSPS) is 10.9. The molecule has 0 aromatic carbocycles. The standard InChI is InChI=1S/C14H15N3O2/c1-10-8-17(9-15-10)13-7-6-12(5-4-11(2)18)16-14(13)19-3/h4-9H,1-3H3/b5-4+. The van der Waals surface area contributed by atoms with Gasteiger partial charge in [-0.2, -0.15) is 0 Å². The molecule has 0 aliphatic carbocycles. The van der Waals surface area contributed by atoms with Crippen LogP contribution in [0.3, 0.4) is 0 Å². The van der Waals surface area contributed by atoms with Gasteiger partial charge in [0, 0.05) is 6.20 Å². The second-order valence-electron chi connectivity index (χ2n) is 4.13. The summed E-state index contributed by atoms with van der Waals surface area (Å²) in [4.78, 5) is 19.4. The third kappa shape index (κ3) is 3.07. The highest BCUT2D eigenvalue weighted by atomic mass is 16.5. The number of ketones is 1. The second kappa shape index (κ2) is 5.48. The third-order valence-corrected chi connectivity index (χ3v) is 2.53. The minimum absolute atomic E-state index is 0.0184. The number of hydrogen-bond acceptors (Lipinski definition) is 4. The topological polar surface area (TPSA) is 57.0 Å². The summed E-state index contributed by atoms with van der Waals surface area (Å²) in [6, 6.07) is 3.71. The summed E-state index contributed by atoms with van der Waals surface area (Å²) in [7, 11) is 1.56. The van der Waals surface area contributed by atoms with Crippen LogP contribution in [0.5, 0.6) is 5.88 Å². The highest BCUT2D eigenvalue weighted by molar-refractivity contribution is 5.91. The number of nitrogens with zero attached hydrogens (tertiary/aromatic N) is 3. The van der Waals surface area contributed by atoms with Crippen molar-refractivity contribution in [2.45, 2.75) is 13.8 Å². The van der Waals surface area contributed by atoms with Crippen LogP contribution in [-0.4, -0.2) is 27.4 Å². The van der Waals surface area contributed by atoms with Gasteiger partial charge >= 0.3 is 0 Å². The van der Waals surface area contributed by atoms with E-state index >= 15 is 0 Å². The van der Waals surface area contributed by atoms with E-state index in [0.29, 0.717) is 11.6 Å². The molecule has 5 heteroatoms. The summed E-state index contributed by atoms with van der Waals surface area (Å²) in [5.41, 5.74) is 2.40. The van der Waals surface area contributed by atoms with Crippen LogP contribution < -0.4 is 4.74 Å². The Hall–Kier alpha value is -2.43. The SMILES string of the molecule is COc1nc(/C=C/C(C)=O)ccc1-n1cnc(C)c1. The number of carbonyl (C=O) groups is 1. The highest BCUT2D eigenvalue weighted by Crippen LogP contribution is 2.21. The number of pyridine rings is 1. The number of hydrogen-bond donors (Lipinski definition) is 0. The molecule has 0 N–H and O–H groups in total. The Morgan fingerprint density at radius 1 is 1.42 bits per heavy atom. The van der Waals surface area contributed by atoms with E-state index in [1.54, 1.807) is 19.5 Å². The van der Waals surface area contributed by atoms with Crippen LogP contribution in [0.1, 0.15) is 18.3 Å². The molecule has 98 valence electrons. The molecule has 2 aromatic rings. The third-order valence-electron chi connectivity index (χ3n) is 2.53. The molecule has 0 saturated heterocycles. The van der Waals surface area contributed by atoms with Gasteiger partial charge in [-0.05, 0) is 38.1 Å². The fourth-order valence-electron chi connectivity index (χ4n) is 1.64. The average molecular weight is 257 g/mol. The van der Waals surface area contributed by atoms with Crippen LogP contribution in [0.4, 0.5) is 0 Å². The Morgan fingerprint density at radius 2 is 2.21 bits per heavy atom. The first kappa shape index (κ1) is 13.0. The Kier molecular flexibility index (Phi) is 3.75. The first-order chi connectivity index (χ1) is 9.10. The smallest absolute Gasteiger partial charge is 0.238 e. The number of methoxy groups -OCH3 is 1. The van der Waals surface area contributed by atoms with Crippen molar-refractivity contribution in [3.05, 3.63) is 42.1 Å². The maximum absolute atomic E-state index is 10.9. The maximum Gasteiger partial charge on any atom is 0.238 e. The summed E-state index contributed by atoms with van der Waals surface area (Å²) in [6.07, 6.45) is 6.74. The van der Waals surface area contributed by atoms with Gasteiger partial charge in [0.2, 0.25) is 5.88 Å². The lowest BCUT2D eigenvalue weighted by molar-refractivity contribution is -0.112. The average Bonchev–Trinajstić information content (AvgIpc) is 2.82. The van der Waals surface area contributed by atoms with Crippen LogP contribution in [0.25, 0.3) is 11.8 Å². The number of ether oxygens (including phenoxy) is 1. The molecule has 0 amide bonds. The van der Waals surface area contributed by atoms with E-state index in [-0.39, 0.29) is 5.78 Å². The van der Waals surface area contributed by atoms with E-state index in [4.69, 9.17) is 4.74 Å². The first-order valence-electron chi connectivity index (χ1n) is 5.85. The van der Waals surface area contributed by atoms with E-state index < -0.39 is 0 Å². The Bertz CT molecular complexity index is 629. The molecule has 0 aliphatic heterocycles. The summed E-state index contributed by atoms with van der Waals surface area (Å²) >= 11 is 0. The fraction of sp³-hybridized carbons (Fsp3) is 0.214. The van der Waals surface area contributed by atoms with Crippen LogP contribution in [0.2, 0.25) is 0 Å². The van der Waals surface area contributed by atoms with Gasteiger partial charge < -0.3 is 9.30 Å². The van der Waals surface area contributed by atoms with Gasteiger partial charge in [0.15, 0.2) is 5.78 Å². The monoisotopic (exact) mass is 257 g/mol. The Morgan fingerprint density at radius 3 is 2.79 bits per heavy atom. The van der Waals surface area contributed by atoms with E-state index in [1.165, 1.54) is 13.0 Å². The van der Waals surface area contributed by atoms with E-state index in [9.17, 15) is 4.79 Å². The molecule has 2 heterocycles. The summed E-state index contributed by atoms with van der Waals surface area (Å²) in [5, 5.41) is 0. The molecule has 0 spiro atoms. The van der Waals surface area contributed by atoms with Crippen LogP contribution in [-0.2, 0) is 4.79 Å². The number of aryl methyl sites for hydroxylation is 1. The van der Waals surface area contributed by atoms with E-state index in [0.717, 1.165) is 11.4 Å². The number of aromatic nitrogens is 3. The first-order valence-corrected chi connectivity index (χ1v) is 5.85. The largest absolute Gasteiger partial charge is 0.479 e. The van der Waals surface area contributed by atoms with Crippen molar-refractivity contribution in [3.63, 3.8) is 0 Å². The van der Waals surface area contributed by atoms with Crippen LogP contribution in [0, 0.1) is 6.92 Å².